The van der Waals surface area contributed by atoms with Crippen molar-refractivity contribution in [1.82, 2.24) is 0 Å². The van der Waals surface area contributed by atoms with Gasteiger partial charge in [-0.2, -0.15) is 0 Å². The third-order valence-electron chi connectivity index (χ3n) is 7.20. The van der Waals surface area contributed by atoms with Crippen LogP contribution in [0.15, 0.2) is 146 Å². The lowest BCUT2D eigenvalue weighted by Gasteiger charge is -2.20. The van der Waals surface area contributed by atoms with Crippen molar-refractivity contribution >= 4 is 45.2 Å². The van der Waals surface area contributed by atoms with Gasteiger partial charge in [0.15, 0.2) is 0 Å². The van der Waals surface area contributed by atoms with Crippen molar-refractivity contribution in [2.45, 2.75) is 12.8 Å². The minimum Gasteiger partial charge on any atom is -0.457 e. The van der Waals surface area contributed by atoms with Gasteiger partial charge in [0.05, 0.1) is 0 Å². The molecule has 41 heavy (non-hydrogen) atoms. The molecule has 0 aromatic heterocycles. The summed E-state index contributed by atoms with van der Waals surface area (Å²) in [4.78, 5) is 0. The van der Waals surface area contributed by atoms with Crippen LogP contribution in [0.25, 0.3) is 22.3 Å². The lowest BCUT2D eigenvalue weighted by atomic mass is 9.93. The van der Waals surface area contributed by atoms with Gasteiger partial charge in [0, 0.05) is 31.1 Å². The number of benzene rings is 6. The van der Waals surface area contributed by atoms with Gasteiger partial charge in [0.1, 0.15) is 11.5 Å². The van der Waals surface area contributed by atoms with E-state index >= 15 is 0 Å². The highest BCUT2D eigenvalue weighted by Crippen LogP contribution is 2.40. The van der Waals surface area contributed by atoms with Crippen LogP contribution in [0.2, 0.25) is 0 Å². The zero-order valence-corrected chi connectivity index (χ0v) is 26.7. The zero-order valence-electron chi connectivity index (χ0n) is 22.4. The molecular weight excluding hydrogens is 726 g/mol. The molecule has 1 nitrogen and oxygen atoms in total. The summed E-state index contributed by atoms with van der Waals surface area (Å²) in [5.74, 6) is 1.78. The zero-order chi connectivity index (χ0) is 28.0. The Bertz CT molecular complexity index is 1650. The molecule has 0 atom stereocenters. The molecule has 0 saturated heterocycles. The molecule has 6 aromatic rings. The molecule has 0 aliphatic carbocycles. The van der Waals surface area contributed by atoms with Crippen LogP contribution in [-0.4, -0.2) is 0 Å². The summed E-state index contributed by atoms with van der Waals surface area (Å²) in [5, 5.41) is 0. The highest BCUT2D eigenvalue weighted by Gasteiger charge is 2.17. The molecular formula is C38H28I2O. The van der Waals surface area contributed by atoms with Crippen LogP contribution in [0.1, 0.15) is 22.3 Å². The molecule has 0 fully saturated rings. The standard InChI is InChI=1S/C38H28I2O/c39-31-17-7-15-29(25-31)33-19-9-21-37(35(33)23-27-11-3-1-4-12-27)41-38-22-10-20-34(30-16-8-18-32(40)26-30)36(38)24-28-13-5-2-6-14-28/h1-22,25-26H,23-24H2. The average molecular weight is 754 g/mol. The van der Waals surface area contributed by atoms with Crippen LogP contribution < -0.4 is 4.74 Å². The second kappa shape index (κ2) is 13.0. The second-order valence-corrected chi connectivity index (χ2v) is 12.5. The Labute approximate surface area is 269 Å². The molecule has 0 saturated carbocycles. The summed E-state index contributed by atoms with van der Waals surface area (Å²) in [6.45, 7) is 0. The first kappa shape index (κ1) is 27.7. The molecule has 6 rings (SSSR count). The van der Waals surface area contributed by atoms with Crippen molar-refractivity contribution in [3.05, 3.63) is 175 Å². The van der Waals surface area contributed by atoms with Gasteiger partial charge in [0.2, 0.25) is 0 Å². The first-order valence-corrected chi connectivity index (χ1v) is 15.8. The third-order valence-corrected chi connectivity index (χ3v) is 8.55. The number of rotatable bonds is 8. The lowest BCUT2D eigenvalue weighted by Crippen LogP contribution is -2.01. The molecule has 0 N–H and O–H groups in total. The molecule has 0 unspecified atom stereocenters. The summed E-state index contributed by atoms with van der Waals surface area (Å²) in [7, 11) is 0. The van der Waals surface area contributed by atoms with Crippen molar-refractivity contribution in [2.75, 3.05) is 0 Å². The highest BCUT2D eigenvalue weighted by molar-refractivity contribution is 14.1. The van der Waals surface area contributed by atoms with E-state index in [1.165, 1.54) is 51.6 Å². The van der Waals surface area contributed by atoms with Gasteiger partial charge in [-0.05, 0) is 115 Å². The first-order chi connectivity index (χ1) is 20.1. The van der Waals surface area contributed by atoms with E-state index in [-0.39, 0.29) is 0 Å². The van der Waals surface area contributed by atoms with E-state index in [0.717, 1.165) is 24.3 Å². The van der Waals surface area contributed by atoms with E-state index in [9.17, 15) is 0 Å². The van der Waals surface area contributed by atoms with E-state index in [2.05, 4.69) is 191 Å². The fraction of sp³-hybridized carbons (Fsp3) is 0.0526. The first-order valence-electron chi connectivity index (χ1n) is 13.7. The molecule has 0 amide bonds. The van der Waals surface area contributed by atoms with Gasteiger partial charge in [0.25, 0.3) is 0 Å². The Hall–Kier alpha value is -3.42. The van der Waals surface area contributed by atoms with Crippen molar-refractivity contribution in [3.63, 3.8) is 0 Å². The highest BCUT2D eigenvalue weighted by atomic mass is 127. The van der Waals surface area contributed by atoms with Crippen LogP contribution >= 0.6 is 45.2 Å². The predicted octanol–water partition coefficient (Wildman–Crippen LogP) is 11.2. The average Bonchev–Trinajstić information content (AvgIpc) is 3.00. The van der Waals surface area contributed by atoms with Crippen molar-refractivity contribution in [3.8, 4) is 33.8 Å². The van der Waals surface area contributed by atoms with Gasteiger partial charge in [-0.25, -0.2) is 0 Å². The predicted molar refractivity (Wildman–Crippen MR) is 188 cm³/mol. The van der Waals surface area contributed by atoms with Crippen LogP contribution in [0.4, 0.5) is 0 Å². The number of hydrogen-bond acceptors (Lipinski definition) is 1. The summed E-state index contributed by atoms with van der Waals surface area (Å²) in [6, 6.07) is 51.5. The van der Waals surface area contributed by atoms with Crippen LogP contribution in [0, 0.1) is 7.14 Å². The number of ether oxygens (including phenoxy) is 1. The van der Waals surface area contributed by atoms with Gasteiger partial charge in [-0.15, -0.1) is 0 Å². The van der Waals surface area contributed by atoms with E-state index in [0.29, 0.717) is 0 Å². The molecule has 0 aliphatic rings. The number of hydrogen-bond donors (Lipinski definition) is 0. The quantitative estimate of drug-likeness (QED) is 0.141. The monoisotopic (exact) mass is 754 g/mol. The molecule has 200 valence electrons. The molecule has 0 radical (unpaired) electrons. The largest absolute Gasteiger partial charge is 0.457 e. The summed E-state index contributed by atoms with van der Waals surface area (Å²) < 4.78 is 9.40. The minimum absolute atomic E-state index is 0.780. The Morgan fingerprint density at radius 2 is 0.829 bits per heavy atom. The molecule has 0 bridgehead atoms. The van der Waals surface area contributed by atoms with E-state index in [1.807, 2.05) is 0 Å². The van der Waals surface area contributed by atoms with Crippen LogP contribution in [0.5, 0.6) is 11.5 Å². The molecule has 6 aromatic carbocycles. The lowest BCUT2D eigenvalue weighted by molar-refractivity contribution is 0.473. The van der Waals surface area contributed by atoms with Crippen LogP contribution in [-0.2, 0) is 12.8 Å². The van der Waals surface area contributed by atoms with Crippen molar-refractivity contribution in [2.24, 2.45) is 0 Å². The van der Waals surface area contributed by atoms with Gasteiger partial charge in [-0.1, -0.05) is 109 Å². The van der Waals surface area contributed by atoms with E-state index < -0.39 is 0 Å². The molecule has 3 heteroatoms. The Balaban J connectivity index is 1.49. The fourth-order valence-corrected chi connectivity index (χ4v) is 6.34. The maximum Gasteiger partial charge on any atom is 0.131 e. The number of halogens is 2. The molecule has 0 spiro atoms. The summed E-state index contributed by atoms with van der Waals surface area (Å²) in [6.07, 6.45) is 1.56. The fourth-order valence-electron chi connectivity index (χ4n) is 5.26. The van der Waals surface area contributed by atoms with Crippen molar-refractivity contribution < 1.29 is 4.74 Å². The summed E-state index contributed by atoms with van der Waals surface area (Å²) in [5.41, 5.74) is 9.68. The van der Waals surface area contributed by atoms with Gasteiger partial charge >= 0.3 is 0 Å². The van der Waals surface area contributed by atoms with Crippen molar-refractivity contribution in [1.29, 1.82) is 0 Å². The maximum absolute atomic E-state index is 6.97. The molecule has 0 aliphatic heterocycles. The smallest absolute Gasteiger partial charge is 0.131 e. The Kier molecular flexibility index (Phi) is 8.82. The third kappa shape index (κ3) is 6.74. The van der Waals surface area contributed by atoms with E-state index in [4.69, 9.17) is 4.74 Å². The van der Waals surface area contributed by atoms with E-state index in [1.54, 1.807) is 0 Å². The maximum atomic E-state index is 6.97. The second-order valence-electron chi connectivity index (χ2n) is 10.0. The van der Waals surface area contributed by atoms with Gasteiger partial charge in [-0.3, -0.25) is 0 Å². The normalized spacial score (nSPS) is 10.9. The summed E-state index contributed by atoms with van der Waals surface area (Å²) >= 11 is 4.78. The van der Waals surface area contributed by atoms with Crippen LogP contribution in [0.3, 0.4) is 0 Å². The minimum atomic E-state index is 0.780. The topological polar surface area (TPSA) is 9.23 Å². The van der Waals surface area contributed by atoms with Gasteiger partial charge < -0.3 is 4.74 Å². The molecule has 0 heterocycles. The Morgan fingerprint density at radius 1 is 0.415 bits per heavy atom. The Morgan fingerprint density at radius 3 is 1.24 bits per heavy atom. The SMILES string of the molecule is Ic1cccc(-c2cccc(Oc3cccc(-c4cccc(I)c4)c3Cc3ccccc3)c2Cc2ccccc2)c1.